The Balaban J connectivity index is 1.59. The van der Waals surface area contributed by atoms with Gasteiger partial charge < -0.3 is 4.74 Å². The Bertz CT molecular complexity index is 1290. The van der Waals surface area contributed by atoms with E-state index in [4.69, 9.17) is 4.74 Å². The fourth-order valence-corrected chi connectivity index (χ4v) is 4.30. The molecule has 3 aromatic carbocycles. The van der Waals surface area contributed by atoms with Gasteiger partial charge in [-0.3, -0.25) is 0 Å². The fraction of sp³-hybridized carbons (Fsp3) is 0.125. The molecule has 0 saturated heterocycles. The number of hydrogen-bond donors (Lipinski definition) is 1. The highest BCUT2D eigenvalue weighted by Crippen LogP contribution is 2.24. The Kier molecular flexibility index (Phi) is 5.79. The van der Waals surface area contributed by atoms with Crippen LogP contribution < -0.4 is 9.46 Å². The van der Waals surface area contributed by atoms with E-state index in [0.29, 0.717) is 12.4 Å². The van der Waals surface area contributed by atoms with Crippen molar-refractivity contribution >= 4 is 20.9 Å². The van der Waals surface area contributed by atoms with Crippen LogP contribution in [0.2, 0.25) is 0 Å². The Morgan fingerprint density at radius 3 is 2.57 bits per heavy atom. The SMILES string of the molecule is CCOc1ccccc1CNS(=O)(=O)c1cccc(-c2ccc3ccccc3n2)c1. The molecule has 1 N–H and O–H groups in total. The van der Waals surface area contributed by atoms with Crippen LogP contribution in [0.3, 0.4) is 0 Å². The van der Waals surface area contributed by atoms with Crippen LogP contribution in [0.25, 0.3) is 22.2 Å². The number of nitrogens with one attached hydrogen (secondary N) is 1. The van der Waals surface area contributed by atoms with E-state index < -0.39 is 10.0 Å². The molecule has 4 rings (SSSR count). The number of rotatable bonds is 7. The van der Waals surface area contributed by atoms with Crippen LogP contribution in [-0.2, 0) is 16.6 Å². The van der Waals surface area contributed by atoms with E-state index in [0.717, 1.165) is 27.7 Å². The summed E-state index contributed by atoms with van der Waals surface area (Å²) in [6.07, 6.45) is 0. The van der Waals surface area contributed by atoms with E-state index in [2.05, 4.69) is 9.71 Å². The number of sulfonamides is 1. The molecule has 5 nitrogen and oxygen atoms in total. The first-order valence-corrected chi connectivity index (χ1v) is 11.2. The molecule has 0 fully saturated rings. The van der Waals surface area contributed by atoms with Crippen LogP contribution in [0.5, 0.6) is 5.75 Å². The standard InChI is InChI=1S/C24H22N2O3S/c1-2-29-24-13-6-4-9-20(24)17-25-30(27,28)21-11-7-10-19(16-21)23-15-14-18-8-3-5-12-22(18)26-23/h3-16,25H,2,17H2,1H3. The molecule has 0 atom stereocenters. The molecule has 0 radical (unpaired) electrons. The van der Waals surface area contributed by atoms with Crippen molar-refractivity contribution in [2.45, 2.75) is 18.4 Å². The first-order valence-electron chi connectivity index (χ1n) is 9.73. The van der Waals surface area contributed by atoms with Gasteiger partial charge in [0.1, 0.15) is 5.75 Å². The molecule has 0 spiro atoms. The predicted molar refractivity (Wildman–Crippen MR) is 119 cm³/mol. The van der Waals surface area contributed by atoms with Crippen LogP contribution >= 0.6 is 0 Å². The lowest BCUT2D eigenvalue weighted by Gasteiger charge is -2.12. The van der Waals surface area contributed by atoms with Crippen molar-refractivity contribution in [3.05, 3.63) is 90.5 Å². The number of hydrogen-bond acceptors (Lipinski definition) is 4. The number of para-hydroxylation sites is 2. The molecule has 0 aliphatic heterocycles. The maximum atomic E-state index is 12.9. The highest BCUT2D eigenvalue weighted by Gasteiger charge is 2.16. The van der Waals surface area contributed by atoms with Gasteiger partial charge in [-0.05, 0) is 37.3 Å². The van der Waals surface area contributed by atoms with E-state index in [9.17, 15) is 8.42 Å². The van der Waals surface area contributed by atoms with E-state index in [1.165, 1.54) is 0 Å². The summed E-state index contributed by atoms with van der Waals surface area (Å²) in [6.45, 7) is 2.56. The lowest BCUT2D eigenvalue weighted by atomic mass is 10.1. The Morgan fingerprint density at radius 2 is 1.70 bits per heavy atom. The van der Waals surface area contributed by atoms with E-state index in [-0.39, 0.29) is 11.4 Å². The maximum absolute atomic E-state index is 12.9. The molecule has 152 valence electrons. The number of ether oxygens (including phenoxy) is 1. The van der Waals surface area contributed by atoms with Crippen LogP contribution in [0, 0.1) is 0 Å². The molecule has 0 unspecified atom stereocenters. The minimum atomic E-state index is -3.70. The fourth-order valence-electron chi connectivity index (χ4n) is 3.25. The largest absolute Gasteiger partial charge is 0.494 e. The maximum Gasteiger partial charge on any atom is 0.240 e. The first kappa shape index (κ1) is 20.1. The van der Waals surface area contributed by atoms with Gasteiger partial charge >= 0.3 is 0 Å². The summed E-state index contributed by atoms with van der Waals surface area (Å²) in [6, 6.07) is 26.0. The second kappa shape index (κ2) is 8.65. The molecule has 6 heteroatoms. The zero-order valence-corrected chi connectivity index (χ0v) is 17.4. The number of benzene rings is 3. The van der Waals surface area contributed by atoms with Crippen LogP contribution in [-0.4, -0.2) is 20.0 Å². The molecule has 0 aliphatic rings. The average Bonchev–Trinajstić information content (AvgIpc) is 2.78. The van der Waals surface area contributed by atoms with Gasteiger partial charge in [-0.25, -0.2) is 18.1 Å². The van der Waals surface area contributed by atoms with Crippen molar-refractivity contribution in [3.8, 4) is 17.0 Å². The van der Waals surface area contributed by atoms with Gasteiger partial charge in [0, 0.05) is 23.1 Å². The predicted octanol–water partition coefficient (Wildman–Crippen LogP) is 4.78. The number of aromatic nitrogens is 1. The summed E-state index contributed by atoms with van der Waals surface area (Å²) in [7, 11) is -3.70. The van der Waals surface area contributed by atoms with Crippen molar-refractivity contribution < 1.29 is 13.2 Å². The second-order valence-corrected chi connectivity index (χ2v) is 8.55. The van der Waals surface area contributed by atoms with Gasteiger partial charge in [0.15, 0.2) is 0 Å². The van der Waals surface area contributed by atoms with Gasteiger partial charge in [0.05, 0.1) is 22.7 Å². The number of fused-ring (bicyclic) bond motifs is 1. The van der Waals surface area contributed by atoms with Gasteiger partial charge in [0.25, 0.3) is 0 Å². The Labute approximate surface area is 176 Å². The summed E-state index contributed by atoms with van der Waals surface area (Å²) in [4.78, 5) is 4.86. The highest BCUT2D eigenvalue weighted by atomic mass is 32.2. The summed E-state index contributed by atoms with van der Waals surface area (Å²) < 4.78 is 34.0. The smallest absolute Gasteiger partial charge is 0.240 e. The molecule has 1 heterocycles. The first-order chi connectivity index (χ1) is 14.6. The quantitative estimate of drug-likeness (QED) is 0.469. The molecule has 0 amide bonds. The number of nitrogens with zero attached hydrogens (tertiary/aromatic N) is 1. The van der Waals surface area contributed by atoms with Crippen LogP contribution in [0.4, 0.5) is 0 Å². The topological polar surface area (TPSA) is 68.3 Å². The lowest BCUT2D eigenvalue weighted by molar-refractivity contribution is 0.336. The van der Waals surface area contributed by atoms with E-state index >= 15 is 0 Å². The van der Waals surface area contributed by atoms with E-state index in [1.54, 1.807) is 18.2 Å². The zero-order chi connectivity index (χ0) is 21.0. The van der Waals surface area contributed by atoms with Crippen molar-refractivity contribution in [1.82, 2.24) is 9.71 Å². The average molecular weight is 419 g/mol. The van der Waals surface area contributed by atoms with Crippen molar-refractivity contribution in [2.75, 3.05) is 6.61 Å². The second-order valence-electron chi connectivity index (χ2n) is 6.78. The Morgan fingerprint density at radius 1 is 0.900 bits per heavy atom. The van der Waals surface area contributed by atoms with Gasteiger partial charge in [0.2, 0.25) is 10.0 Å². The van der Waals surface area contributed by atoms with Crippen LogP contribution in [0.15, 0.2) is 89.8 Å². The summed E-state index contributed by atoms with van der Waals surface area (Å²) in [5, 5.41) is 1.04. The monoisotopic (exact) mass is 418 g/mol. The van der Waals surface area contributed by atoms with Gasteiger partial charge in [-0.1, -0.05) is 54.6 Å². The van der Waals surface area contributed by atoms with Crippen molar-refractivity contribution in [3.63, 3.8) is 0 Å². The molecular formula is C24H22N2O3S. The lowest BCUT2D eigenvalue weighted by Crippen LogP contribution is -2.23. The van der Waals surface area contributed by atoms with Gasteiger partial charge in [-0.15, -0.1) is 0 Å². The van der Waals surface area contributed by atoms with Gasteiger partial charge in [-0.2, -0.15) is 0 Å². The van der Waals surface area contributed by atoms with Crippen LogP contribution in [0.1, 0.15) is 12.5 Å². The van der Waals surface area contributed by atoms with Crippen molar-refractivity contribution in [2.24, 2.45) is 0 Å². The molecule has 30 heavy (non-hydrogen) atoms. The normalized spacial score (nSPS) is 11.5. The minimum Gasteiger partial charge on any atom is -0.494 e. The third-order valence-electron chi connectivity index (χ3n) is 4.76. The molecule has 0 bridgehead atoms. The summed E-state index contributed by atoms with van der Waals surface area (Å²) in [5.74, 6) is 0.678. The van der Waals surface area contributed by atoms with E-state index in [1.807, 2.05) is 73.7 Å². The third-order valence-corrected chi connectivity index (χ3v) is 6.16. The zero-order valence-electron chi connectivity index (χ0n) is 16.6. The van der Waals surface area contributed by atoms with Crippen molar-refractivity contribution in [1.29, 1.82) is 0 Å². The summed E-state index contributed by atoms with van der Waals surface area (Å²) in [5.41, 5.74) is 3.13. The summed E-state index contributed by atoms with van der Waals surface area (Å²) >= 11 is 0. The molecule has 0 saturated carbocycles. The Hall–Kier alpha value is -3.22. The molecule has 1 aromatic heterocycles. The molecular weight excluding hydrogens is 396 g/mol. The molecule has 4 aromatic rings. The minimum absolute atomic E-state index is 0.150. The number of pyridine rings is 1. The highest BCUT2D eigenvalue weighted by molar-refractivity contribution is 7.89. The third kappa shape index (κ3) is 4.35. The molecule has 0 aliphatic carbocycles.